The summed E-state index contributed by atoms with van der Waals surface area (Å²) in [6.45, 7) is 0.141. The Kier molecular flexibility index (Phi) is 4.51. The van der Waals surface area contributed by atoms with Crippen LogP contribution in [0.3, 0.4) is 0 Å². The van der Waals surface area contributed by atoms with Crippen LogP contribution in [0.15, 0.2) is 61.2 Å². The van der Waals surface area contributed by atoms with Gasteiger partial charge in [-0.1, -0.05) is 12.1 Å². The van der Waals surface area contributed by atoms with Crippen LogP contribution in [0.25, 0.3) is 5.69 Å². The van der Waals surface area contributed by atoms with E-state index >= 15 is 0 Å². The van der Waals surface area contributed by atoms with E-state index in [9.17, 15) is 18.0 Å². The molecule has 2 aromatic carbocycles. The molecule has 5 nitrogen and oxygen atoms in total. The van der Waals surface area contributed by atoms with Crippen LogP contribution in [0.1, 0.15) is 21.5 Å². The summed E-state index contributed by atoms with van der Waals surface area (Å²) in [6.07, 6.45) is -1.42. The van der Waals surface area contributed by atoms with E-state index in [0.29, 0.717) is 11.1 Å². The number of nitrogens with one attached hydrogen (secondary N) is 1. The minimum Gasteiger partial charge on any atom is -0.348 e. The lowest BCUT2D eigenvalue weighted by Crippen LogP contribution is -2.22. The van der Waals surface area contributed by atoms with E-state index in [1.54, 1.807) is 35.3 Å². The molecule has 0 radical (unpaired) electrons. The Morgan fingerprint density at radius 1 is 1.04 bits per heavy atom. The summed E-state index contributed by atoms with van der Waals surface area (Å²) in [7, 11) is 0. The summed E-state index contributed by atoms with van der Waals surface area (Å²) in [6, 6.07) is 11.4. The van der Waals surface area contributed by atoms with Gasteiger partial charge in [0, 0.05) is 12.1 Å². The lowest BCUT2D eigenvalue weighted by molar-refractivity contribution is -0.137. The number of alkyl halides is 3. The third-order valence-corrected chi connectivity index (χ3v) is 3.55. The fourth-order valence-corrected chi connectivity index (χ4v) is 2.20. The lowest BCUT2D eigenvalue weighted by atomic mass is 10.1. The van der Waals surface area contributed by atoms with Gasteiger partial charge < -0.3 is 5.32 Å². The number of halogens is 3. The quantitative estimate of drug-likeness (QED) is 0.789. The predicted molar refractivity (Wildman–Crippen MR) is 84.0 cm³/mol. The van der Waals surface area contributed by atoms with Gasteiger partial charge in [0.15, 0.2) is 0 Å². The number of carbonyl (C=O) groups is 1. The van der Waals surface area contributed by atoms with Crippen LogP contribution < -0.4 is 5.32 Å². The normalized spacial score (nSPS) is 11.3. The average molecular weight is 346 g/mol. The monoisotopic (exact) mass is 346 g/mol. The molecule has 0 spiro atoms. The van der Waals surface area contributed by atoms with E-state index in [1.165, 1.54) is 18.5 Å². The standard InChI is InChI=1S/C17H13F3N4O/c18-17(19,20)14-5-1-12(2-6-14)9-22-16(25)13-3-7-15(8-4-13)24-11-21-10-23-24/h1-8,10-11H,9H2,(H,22,25). The van der Waals surface area contributed by atoms with Gasteiger partial charge in [-0.05, 0) is 42.0 Å². The molecule has 0 saturated heterocycles. The van der Waals surface area contributed by atoms with Crippen LogP contribution in [-0.2, 0) is 12.7 Å². The van der Waals surface area contributed by atoms with Gasteiger partial charge in [0.1, 0.15) is 12.7 Å². The Balaban J connectivity index is 1.61. The topological polar surface area (TPSA) is 59.8 Å². The first kappa shape index (κ1) is 16.7. The highest BCUT2D eigenvalue weighted by molar-refractivity contribution is 5.94. The molecule has 8 heteroatoms. The average Bonchev–Trinajstić information content (AvgIpc) is 3.14. The Labute approximate surface area is 141 Å². The van der Waals surface area contributed by atoms with Gasteiger partial charge >= 0.3 is 6.18 Å². The number of benzene rings is 2. The van der Waals surface area contributed by atoms with E-state index < -0.39 is 11.7 Å². The first-order valence-electron chi connectivity index (χ1n) is 7.33. The number of amides is 1. The molecule has 1 aromatic heterocycles. The fourth-order valence-electron chi connectivity index (χ4n) is 2.20. The molecule has 3 rings (SSSR count). The van der Waals surface area contributed by atoms with Gasteiger partial charge in [-0.15, -0.1) is 0 Å². The molecule has 1 heterocycles. The molecule has 0 aliphatic rings. The molecule has 128 valence electrons. The first-order valence-corrected chi connectivity index (χ1v) is 7.33. The molecule has 1 N–H and O–H groups in total. The zero-order valence-corrected chi connectivity index (χ0v) is 12.9. The zero-order chi connectivity index (χ0) is 17.9. The third kappa shape index (κ3) is 4.03. The van der Waals surface area contributed by atoms with Gasteiger partial charge in [-0.25, -0.2) is 9.67 Å². The van der Waals surface area contributed by atoms with Crippen molar-refractivity contribution in [3.8, 4) is 5.69 Å². The molecule has 25 heavy (non-hydrogen) atoms. The second-order valence-corrected chi connectivity index (χ2v) is 5.26. The van der Waals surface area contributed by atoms with E-state index in [1.807, 2.05) is 0 Å². The van der Waals surface area contributed by atoms with Crippen molar-refractivity contribution in [1.82, 2.24) is 20.1 Å². The number of hydrogen-bond acceptors (Lipinski definition) is 3. The second-order valence-electron chi connectivity index (χ2n) is 5.26. The summed E-state index contributed by atoms with van der Waals surface area (Å²) in [4.78, 5) is 16.0. The third-order valence-electron chi connectivity index (χ3n) is 3.55. The molecular weight excluding hydrogens is 333 g/mol. The van der Waals surface area contributed by atoms with Gasteiger partial charge in [-0.2, -0.15) is 18.3 Å². The summed E-state index contributed by atoms with van der Waals surface area (Å²) in [5.74, 6) is -0.315. The van der Waals surface area contributed by atoms with Crippen molar-refractivity contribution in [2.24, 2.45) is 0 Å². The molecule has 1 amide bonds. The Hall–Kier alpha value is -3.16. The van der Waals surface area contributed by atoms with E-state index in [4.69, 9.17) is 0 Å². The Morgan fingerprint density at radius 2 is 1.72 bits per heavy atom. The van der Waals surface area contributed by atoms with Crippen LogP contribution >= 0.6 is 0 Å². The number of aromatic nitrogens is 3. The van der Waals surface area contributed by atoms with Gasteiger partial charge in [0.25, 0.3) is 5.91 Å². The number of hydrogen-bond donors (Lipinski definition) is 1. The summed E-state index contributed by atoms with van der Waals surface area (Å²) in [5.41, 5.74) is 1.07. The van der Waals surface area contributed by atoms with Crippen molar-refractivity contribution < 1.29 is 18.0 Å². The van der Waals surface area contributed by atoms with Crippen LogP contribution in [0.2, 0.25) is 0 Å². The smallest absolute Gasteiger partial charge is 0.348 e. The minimum atomic E-state index is -4.37. The van der Waals surface area contributed by atoms with Crippen molar-refractivity contribution in [3.63, 3.8) is 0 Å². The Morgan fingerprint density at radius 3 is 2.28 bits per heavy atom. The predicted octanol–water partition coefficient (Wildman–Crippen LogP) is 3.22. The van der Waals surface area contributed by atoms with Gasteiger partial charge in [0.2, 0.25) is 0 Å². The molecule has 0 unspecified atom stereocenters. The van der Waals surface area contributed by atoms with Crippen molar-refractivity contribution >= 4 is 5.91 Å². The fraction of sp³-hybridized carbons (Fsp3) is 0.118. The molecule has 0 bridgehead atoms. The highest BCUT2D eigenvalue weighted by Gasteiger charge is 2.29. The SMILES string of the molecule is O=C(NCc1ccc(C(F)(F)F)cc1)c1ccc(-n2cncn2)cc1. The largest absolute Gasteiger partial charge is 0.416 e. The van der Waals surface area contributed by atoms with Crippen molar-refractivity contribution in [2.45, 2.75) is 12.7 Å². The lowest BCUT2D eigenvalue weighted by Gasteiger charge is -2.09. The maximum Gasteiger partial charge on any atom is 0.416 e. The van der Waals surface area contributed by atoms with E-state index in [-0.39, 0.29) is 12.5 Å². The van der Waals surface area contributed by atoms with Crippen LogP contribution in [0.4, 0.5) is 13.2 Å². The molecule has 0 aliphatic heterocycles. The molecule has 0 atom stereocenters. The Bertz CT molecular complexity index is 841. The summed E-state index contributed by atoms with van der Waals surface area (Å²) >= 11 is 0. The van der Waals surface area contributed by atoms with Gasteiger partial charge in [0.05, 0.1) is 11.3 Å². The number of nitrogens with zero attached hydrogens (tertiary/aromatic N) is 3. The molecule has 0 aliphatic carbocycles. The molecule has 0 saturated carbocycles. The maximum absolute atomic E-state index is 12.5. The summed E-state index contributed by atoms with van der Waals surface area (Å²) in [5, 5.41) is 6.66. The highest BCUT2D eigenvalue weighted by Crippen LogP contribution is 2.29. The molecule has 3 aromatic rings. The van der Waals surface area contributed by atoms with Crippen molar-refractivity contribution in [2.75, 3.05) is 0 Å². The second kappa shape index (κ2) is 6.76. The van der Waals surface area contributed by atoms with Gasteiger partial charge in [-0.3, -0.25) is 4.79 Å². The zero-order valence-electron chi connectivity index (χ0n) is 12.9. The minimum absolute atomic E-state index is 0.141. The molecule has 0 fully saturated rings. The first-order chi connectivity index (χ1) is 11.9. The van der Waals surface area contributed by atoms with Crippen LogP contribution in [-0.4, -0.2) is 20.7 Å². The van der Waals surface area contributed by atoms with E-state index in [0.717, 1.165) is 17.8 Å². The van der Waals surface area contributed by atoms with Crippen LogP contribution in [0.5, 0.6) is 0 Å². The maximum atomic E-state index is 12.5. The van der Waals surface area contributed by atoms with Crippen molar-refractivity contribution in [1.29, 1.82) is 0 Å². The van der Waals surface area contributed by atoms with Crippen molar-refractivity contribution in [3.05, 3.63) is 77.9 Å². The number of carbonyl (C=O) groups excluding carboxylic acids is 1. The van der Waals surface area contributed by atoms with Crippen LogP contribution in [0, 0.1) is 0 Å². The molecular formula is C17H13F3N4O. The van der Waals surface area contributed by atoms with E-state index in [2.05, 4.69) is 15.4 Å². The highest BCUT2D eigenvalue weighted by atomic mass is 19.4. The summed E-state index contributed by atoms with van der Waals surface area (Å²) < 4.78 is 39.1. The number of rotatable bonds is 4.